The molecule has 98 valence electrons. The van der Waals surface area contributed by atoms with Gasteiger partial charge in [-0.1, -0.05) is 13.8 Å². The fourth-order valence-corrected chi connectivity index (χ4v) is 1.03. The molecule has 0 heterocycles. The molecule has 0 aromatic carbocycles. The molecule has 0 aliphatic heterocycles. The lowest BCUT2D eigenvalue weighted by Gasteiger charge is -2.06. The number of rotatable bonds is 8. The molecule has 0 amide bonds. The Morgan fingerprint density at radius 2 is 2.06 bits per heavy atom. The Hall–Kier alpha value is -0.0400. The first-order valence-electron chi connectivity index (χ1n) is 5.78. The van der Waals surface area contributed by atoms with Crippen LogP contribution in [0, 0.1) is 5.92 Å². The smallest absolute Gasteiger partial charge is 0.188 e. The lowest BCUT2D eigenvalue weighted by atomic mass is 10.2. The predicted molar refractivity (Wildman–Crippen MR) is 80.5 cm³/mol. The van der Waals surface area contributed by atoms with Crippen LogP contribution in [-0.4, -0.2) is 32.3 Å². The molecule has 5 heteroatoms. The summed E-state index contributed by atoms with van der Waals surface area (Å²) in [6, 6.07) is 0. The monoisotopic (exact) mass is 343 g/mol. The van der Waals surface area contributed by atoms with Crippen molar-refractivity contribution >= 4 is 29.9 Å². The number of unbranched alkanes of at least 4 members (excludes halogenated alkanes) is 1. The number of halogens is 1. The number of ether oxygens (including phenoxy) is 1. The van der Waals surface area contributed by atoms with Gasteiger partial charge in [-0.05, 0) is 25.7 Å². The molecule has 4 nitrogen and oxygen atoms in total. The third-order valence-electron chi connectivity index (χ3n) is 1.85. The van der Waals surface area contributed by atoms with E-state index in [1.54, 1.807) is 0 Å². The summed E-state index contributed by atoms with van der Waals surface area (Å²) < 4.78 is 5.23. The van der Waals surface area contributed by atoms with Gasteiger partial charge in [-0.25, -0.2) is 0 Å². The van der Waals surface area contributed by atoms with Gasteiger partial charge in [0.1, 0.15) is 0 Å². The molecule has 0 saturated carbocycles. The first-order chi connectivity index (χ1) is 7.16. The van der Waals surface area contributed by atoms with Crippen LogP contribution in [0.2, 0.25) is 0 Å². The maximum atomic E-state index is 5.67. The fraction of sp³-hybridized carbons (Fsp3) is 0.909. The van der Waals surface area contributed by atoms with Crippen LogP contribution in [0.5, 0.6) is 0 Å². The molecule has 0 rings (SSSR count). The van der Waals surface area contributed by atoms with Crippen molar-refractivity contribution in [1.29, 1.82) is 0 Å². The number of hydrogen-bond acceptors (Lipinski definition) is 2. The van der Waals surface area contributed by atoms with Crippen LogP contribution in [0.1, 0.15) is 33.6 Å². The molecule has 0 unspecified atom stereocenters. The lowest BCUT2D eigenvalue weighted by Crippen LogP contribution is -2.32. The van der Waals surface area contributed by atoms with Gasteiger partial charge in [0, 0.05) is 26.3 Å². The van der Waals surface area contributed by atoms with Crippen molar-refractivity contribution in [2.75, 3.05) is 26.3 Å². The predicted octanol–water partition coefficient (Wildman–Crippen LogP) is 1.98. The van der Waals surface area contributed by atoms with Crippen molar-refractivity contribution in [1.82, 2.24) is 5.32 Å². The van der Waals surface area contributed by atoms with Gasteiger partial charge in [0.25, 0.3) is 0 Å². The highest BCUT2D eigenvalue weighted by Gasteiger charge is 1.94. The molecule has 0 atom stereocenters. The van der Waals surface area contributed by atoms with Gasteiger partial charge in [0.2, 0.25) is 0 Å². The summed E-state index contributed by atoms with van der Waals surface area (Å²) in [6.07, 6.45) is 2.14. The first kappa shape index (κ1) is 18.3. The highest BCUT2D eigenvalue weighted by atomic mass is 127. The van der Waals surface area contributed by atoms with Crippen molar-refractivity contribution in [2.24, 2.45) is 16.6 Å². The Morgan fingerprint density at radius 3 is 2.62 bits per heavy atom. The van der Waals surface area contributed by atoms with Gasteiger partial charge >= 0.3 is 0 Å². The van der Waals surface area contributed by atoms with Crippen LogP contribution in [-0.2, 0) is 4.74 Å². The SMILES string of the molecule is CCOCCCCNC(N)=NCC(C)C.I. The van der Waals surface area contributed by atoms with E-state index in [1.165, 1.54) is 0 Å². The van der Waals surface area contributed by atoms with E-state index in [1.807, 2.05) is 6.92 Å². The second-order valence-corrected chi connectivity index (χ2v) is 3.95. The summed E-state index contributed by atoms with van der Waals surface area (Å²) in [5.41, 5.74) is 5.67. The summed E-state index contributed by atoms with van der Waals surface area (Å²) in [6.45, 7) is 9.55. The summed E-state index contributed by atoms with van der Waals surface area (Å²) in [4.78, 5) is 4.21. The van der Waals surface area contributed by atoms with Crippen LogP contribution < -0.4 is 11.1 Å². The van der Waals surface area contributed by atoms with Gasteiger partial charge in [0.05, 0.1) is 0 Å². The van der Waals surface area contributed by atoms with Gasteiger partial charge in [-0.15, -0.1) is 24.0 Å². The number of hydrogen-bond donors (Lipinski definition) is 2. The Labute approximate surface area is 116 Å². The molecule has 0 aromatic heterocycles. The van der Waals surface area contributed by atoms with Crippen LogP contribution in [0.25, 0.3) is 0 Å². The third kappa shape index (κ3) is 14.0. The van der Waals surface area contributed by atoms with Crippen LogP contribution >= 0.6 is 24.0 Å². The van der Waals surface area contributed by atoms with Gasteiger partial charge in [-0.2, -0.15) is 0 Å². The molecule has 0 spiro atoms. The number of guanidine groups is 1. The minimum atomic E-state index is 0. The van der Waals surface area contributed by atoms with Crippen molar-refractivity contribution in [2.45, 2.75) is 33.6 Å². The molecular weight excluding hydrogens is 317 g/mol. The quantitative estimate of drug-likeness (QED) is 0.307. The molecule has 0 aliphatic rings. The minimum Gasteiger partial charge on any atom is -0.382 e. The second kappa shape index (κ2) is 13.0. The molecule has 16 heavy (non-hydrogen) atoms. The van der Waals surface area contributed by atoms with Crippen LogP contribution in [0.4, 0.5) is 0 Å². The normalized spacial score (nSPS) is 11.4. The maximum Gasteiger partial charge on any atom is 0.188 e. The fourth-order valence-electron chi connectivity index (χ4n) is 1.03. The van der Waals surface area contributed by atoms with Crippen molar-refractivity contribution in [3.8, 4) is 0 Å². The molecule has 0 saturated heterocycles. The number of nitrogens with zero attached hydrogens (tertiary/aromatic N) is 1. The van der Waals surface area contributed by atoms with E-state index >= 15 is 0 Å². The molecular formula is C11H26IN3O. The van der Waals surface area contributed by atoms with E-state index in [4.69, 9.17) is 10.5 Å². The zero-order valence-corrected chi connectivity index (χ0v) is 13.0. The van der Waals surface area contributed by atoms with E-state index in [0.29, 0.717) is 11.9 Å². The van der Waals surface area contributed by atoms with Crippen LogP contribution in [0.3, 0.4) is 0 Å². The average molecular weight is 343 g/mol. The van der Waals surface area contributed by atoms with E-state index in [-0.39, 0.29) is 24.0 Å². The van der Waals surface area contributed by atoms with E-state index in [0.717, 1.165) is 39.1 Å². The van der Waals surface area contributed by atoms with Gasteiger partial charge < -0.3 is 15.8 Å². The Kier molecular flexibility index (Phi) is 14.9. The maximum absolute atomic E-state index is 5.67. The highest BCUT2D eigenvalue weighted by molar-refractivity contribution is 14.0. The molecule has 0 bridgehead atoms. The number of nitrogens with one attached hydrogen (secondary N) is 1. The summed E-state index contributed by atoms with van der Waals surface area (Å²) in [5.74, 6) is 1.11. The number of nitrogens with two attached hydrogens (primary N) is 1. The van der Waals surface area contributed by atoms with E-state index in [9.17, 15) is 0 Å². The van der Waals surface area contributed by atoms with Crippen molar-refractivity contribution < 1.29 is 4.74 Å². The average Bonchev–Trinajstić information content (AvgIpc) is 2.20. The van der Waals surface area contributed by atoms with Gasteiger partial charge in [0.15, 0.2) is 5.96 Å². The van der Waals surface area contributed by atoms with Crippen molar-refractivity contribution in [3.05, 3.63) is 0 Å². The largest absolute Gasteiger partial charge is 0.382 e. The number of aliphatic imine (C=N–C) groups is 1. The Bertz CT molecular complexity index is 175. The molecule has 0 aliphatic carbocycles. The second-order valence-electron chi connectivity index (χ2n) is 3.95. The molecule has 0 fully saturated rings. The Morgan fingerprint density at radius 1 is 1.38 bits per heavy atom. The lowest BCUT2D eigenvalue weighted by molar-refractivity contribution is 0.143. The Balaban J connectivity index is 0. The van der Waals surface area contributed by atoms with Crippen molar-refractivity contribution in [3.63, 3.8) is 0 Å². The zero-order chi connectivity index (χ0) is 11.5. The first-order valence-corrected chi connectivity index (χ1v) is 5.78. The summed E-state index contributed by atoms with van der Waals surface area (Å²) >= 11 is 0. The third-order valence-corrected chi connectivity index (χ3v) is 1.85. The minimum absolute atomic E-state index is 0. The molecule has 0 radical (unpaired) electrons. The topological polar surface area (TPSA) is 59.6 Å². The van der Waals surface area contributed by atoms with Crippen LogP contribution in [0.15, 0.2) is 4.99 Å². The zero-order valence-electron chi connectivity index (χ0n) is 10.7. The summed E-state index contributed by atoms with van der Waals surface area (Å²) in [7, 11) is 0. The van der Waals surface area contributed by atoms with E-state index < -0.39 is 0 Å². The molecule has 3 N–H and O–H groups in total. The standard InChI is InChI=1S/C11H25N3O.HI/c1-4-15-8-6-5-7-13-11(12)14-9-10(2)3;/h10H,4-9H2,1-3H3,(H3,12,13,14);1H. The van der Waals surface area contributed by atoms with Gasteiger partial charge in [-0.3, -0.25) is 4.99 Å². The van der Waals surface area contributed by atoms with E-state index in [2.05, 4.69) is 24.2 Å². The molecule has 0 aromatic rings. The summed E-state index contributed by atoms with van der Waals surface area (Å²) in [5, 5.41) is 3.09. The highest BCUT2D eigenvalue weighted by Crippen LogP contribution is 1.91.